The summed E-state index contributed by atoms with van der Waals surface area (Å²) >= 11 is 5.40. The lowest BCUT2D eigenvalue weighted by Gasteiger charge is -2.15. The first-order valence-corrected chi connectivity index (χ1v) is 5.86. The number of halogens is 1. The number of para-hydroxylation sites is 1. The highest BCUT2D eigenvalue weighted by Crippen LogP contribution is 2.26. The third-order valence-electron chi connectivity index (χ3n) is 2.99. The van der Waals surface area contributed by atoms with Crippen molar-refractivity contribution in [2.75, 3.05) is 0 Å². The number of nitrogens with zero attached hydrogens (tertiary/aromatic N) is 1. The Labute approximate surface area is 108 Å². The second-order valence-electron chi connectivity index (χ2n) is 4.12. The van der Waals surface area contributed by atoms with Crippen molar-refractivity contribution >= 4 is 39.6 Å². The smallest absolute Gasteiger partial charge is 0.236 e. The zero-order valence-electron chi connectivity index (χ0n) is 9.26. The third-order valence-corrected chi connectivity index (χ3v) is 3.23. The van der Waals surface area contributed by atoms with Gasteiger partial charge in [0.05, 0.1) is 11.2 Å². The van der Waals surface area contributed by atoms with E-state index in [0.29, 0.717) is 11.3 Å². The number of hydrogen-bond acceptors (Lipinski definition) is 3. The minimum absolute atomic E-state index is 0.286. The number of rotatable bonds is 1. The maximum Gasteiger partial charge on any atom is 0.236 e. The highest BCUT2D eigenvalue weighted by atomic mass is 35.5. The van der Waals surface area contributed by atoms with Crippen LogP contribution >= 0.6 is 11.6 Å². The third kappa shape index (κ3) is 1.64. The zero-order valence-corrected chi connectivity index (χ0v) is 10.0. The summed E-state index contributed by atoms with van der Waals surface area (Å²) in [6, 6.07) is 9.29. The van der Waals surface area contributed by atoms with E-state index >= 15 is 0 Å². The number of carbonyl (C=O) groups is 2. The molecular formula is C14H8ClNO2. The Hall–Kier alpha value is -2.00. The number of hydrogen-bond donors (Lipinski definition) is 0. The Morgan fingerprint density at radius 3 is 2.83 bits per heavy atom. The normalized spacial score (nSPS) is 17.8. The zero-order chi connectivity index (χ0) is 12.7. The predicted octanol–water partition coefficient (Wildman–Crippen LogP) is 2.83. The molecule has 2 aromatic rings. The SMILES string of the molecule is O=C(Cl)C1C=Cc2nc3ccccc3cc2C1=O. The second kappa shape index (κ2) is 4.03. The van der Waals surface area contributed by atoms with E-state index in [1.54, 1.807) is 12.1 Å². The average molecular weight is 258 g/mol. The van der Waals surface area contributed by atoms with Crippen molar-refractivity contribution in [1.82, 2.24) is 4.98 Å². The van der Waals surface area contributed by atoms with Gasteiger partial charge in [0, 0.05) is 10.9 Å². The van der Waals surface area contributed by atoms with Crippen molar-refractivity contribution in [2.45, 2.75) is 0 Å². The number of fused-ring (bicyclic) bond motifs is 2. The molecule has 0 fully saturated rings. The van der Waals surface area contributed by atoms with Crippen LogP contribution in [0, 0.1) is 5.92 Å². The van der Waals surface area contributed by atoms with Gasteiger partial charge in [-0.25, -0.2) is 4.98 Å². The van der Waals surface area contributed by atoms with Crippen LogP contribution in [0.4, 0.5) is 0 Å². The highest BCUT2D eigenvalue weighted by Gasteiger charge is 2.29. The van der Waals surface area contributed by atoms with Crippen molar-refractivity contribution in [3.8, 4) is 0 Å². The monoisotopic (exact) mass is 257 g/mol. The van der Waals surface area contributed by atoms with Gasteiger partial charge in [0.1, 0.15) is 5.92 Å². The summed E-state index contributed by atoms with van der Waals surface area (Å²) in [4.78, 5) is 27.7. The molecule has 1 aromatic heterocycles. The molecule has 0 amide bonds. The van der Waals surface area contributed by atoms with Crippen LogP contribution in [0.15, 0.2) is 36.4 Å². The Bertz CT molecular complexity index is 706. The Kier molecular flexibility index (Phi) is 2.49. The van der Waals surface area contributed by atoms with Crippen LogP contribution in [0.5, 0.6) is 0 Å². The van der Waals surface area contributed by atoms with Crippen molar-refractivity contribution in [3.63, 3.8) is 0 Å². The Balaban J connectivity index is 2.23. The van der Waals surface area contributed by atoms with Gasteiger partial charge in [-0.2, -0.15) is 0 Å². The van der Waals surface area contributed by atoms with E-state index in [0.717, 1.165) is 10.9 Å². The van der Waals surface area contributed by atoms with E-state index < -0.39 is 11.2 Å². The molecule has 0 aliphatic heterocycles. The first-order valence-electron chi connectivity index (χ1n) is 5.48. The highest BCUT2D eigenvalue weighted by molar-refractivity contribution is 6.66. The number of pyridine rings is 1. The summed E-state index contributed by atoms with van der Waals surface area (Å²) in [6.07, 6.45) is 3.18. The van der Waals surface area contributed by atoms with Crippen LogP contribution in [0.1, 0.15) is 16.1 Å². The number of allylic oxidation sites excluding steroid dienone is 1. The van der Waals surface area contributed by atoms with Gasteiger partial charge in [0.25, 0.3) is 0 Å². The van der Waals surface area contributed by atoms with Gasteiger partial charge in [0.15, 0.2) is 5.78 Å². The van der Waals surface area contributed by atoms with Crippen molar-refractivity contribution in [3.05, 3.63) is 47.7 Å². The van der Waals surface area contributed by atoms with Crippen LogP contribution in [-0.4, -0.2) is 16.0 Å². The summed E-state index contributed by atoms with van der Waals surface area (Å²) in [5.74, 6) is -1.17. The molecule has 0 spiro atoms. The van der Waals surface area contributed by atoms with Gasteiger partial charge in [-0.15, -0.1) is 0 Å². The van der Waals surface area contributed by atoms with Crippen molar-refractivity contribution in [1.29, 1.82) is 0 Å². The van der Waals surface area contributed by atoms with E-state index in [1.165, 1.54) is 6.08 Å². The maximum absolute atomic E-state index is 12.1. The summed E-state index contributed by atoms with van der Waals surface area (Å²) in [5.41, 5.74) is 1.87. The van der Waals surface area contributed by atoms with E-state index in [-0.39, 0.29) is 5.78 Å². The first kappa shape index (κ1) is 11.1. The van der Waals surface area contributed by atoms with Crippen LogP contribution < -0.4 is 0 Å². The molecule has 0 saturated carbocycles. The molecular weight excluding hydrogens is 250 g/mol. The molecule has 0 saturated heterocycles. The minimum atomic E-state index is -0.887. The van der Waals surface area contributed by atoms with Crippen molar-refractivity contribution < 1.29 is 9.59 Å². The lowest BCUT2D eigenvalue weighted by molar-refractivity contribution is -0.112. The van der Waals surface area contributed by atoms with Gasteiger partial charge in [-0.1, -0.05) is 24.3 Å². The second-order valence-corrected chi connectivity index (χ2v) is 4.49. The van der Waals surface area contributed by atoms with E-state index in [1.807, 2.05) is 24.3 Å². The summed E-state index contributed by atoms with van der Waals surface area (Å²) in [5, 5.41) is 0.218. The fourth-order valence-corrected chi connectivity index (χ4v) is 2.25. The van der Waals surface area contributed by atoms with E-state index in [2.05, 4.69) is 4.98 Å². The molecule has 1 heterocycles. The molecule has 4 heteroatoms. The quantitative estimate of drug-likeness (QED) is 0.583. The summed E-state index contributed by atoms with van der Waals surface area (Å²) in [7, 11) is 0. The molecule has 3 rings (SSSR count). The molecule has 0 radical (unpaired) electrons. The van der Waals surface area contributed by atoms with E-state index in [4.69, 9.17) is 11.6 Å². The number of aromatic nitrogens is 1. The number of Topliss-reactive ketones (excluding diaryl/α,β-unsaturated/α-hetero) is 1. The van der Waals surface area contributed by atoms with Crippen LogP contribution in [0.3, 0.4) is 0 Å². The van der Waals surface area contributed by atoms with Crippen LogP contribution in [0.2, 0.25) is 0 Å². The lowest BCUT2D eigenvalue weighted by atomic mass is 9.91. The molecule has 3 nitrogen and oxygen atoms in total. The summed E-state index contributed by atoms with van der Waals surface area (Å²) in [6.45, 7) is 0. The van der Waals surface area contributed by atoms with Crippen LogP contribution in [0.25, 0.3) is 17.0 Å². The van der Waals surface area contributed by atoms with Gasteiger partial charge in [0.2, 0.25) is 5.24 Å². The molecule has 1 unspecified atom stereocenters. The van der Waals surface area contributed by atoms with Gasteiger partial charge in [-0.05, 0) is 29.8 Å². The Morgan fingerprint density at radius 1 is 1.28 bits per heavy atom. The molecule has 1 aromatic carbocycles. The number of carbonyl (C=O) groups excluding carboxylic acids is 2. The predicted molar refractivity (Wildman–Crippen MR) is 69.5 cm³/mol. The van der Waals surface area contributed by atoms with Gasteiger partial charge < -0.3 is 0 Å². The number of benzene rings is 1. The molecule has 1 atom stereocenters. The molecule has 0 bridgehead atoms. The average Bonchev–Trinajstić information content (AvgIpc) is 2.37. The van der Waals surface area contributed by atoms with Gasteiger partial charge >= 0.3 is 0 Å². The Morgan fingerprint density at radius 2 is 2.06 bits per heavy atom. The van der Waals surface area contributed by atoms with E-state index in [9.17, 15) is 9.59 Å². The lowest BCUT2D eigenvalue weighted by Crippen LogP contribution is -2.22. The number of ketones is 1. The standard InChI is InChI=1S/C14H8ClNO2/c15-14(18)9-5-6-12-10(13(9)17)7-8-3-1-2-4-11(8)16-12/h1-7,9H. The molecule has 88 valence electrons. The summed E-state index contributed by atoms with van der Waals surface area (Å²) < 4.78 is 0. The molecule has 18 heavy (non-hydrogen) atoms. The topological polar surface area (TPSA) is 47.0 Å². The largest absolute Gasteiger partial charge is 0.293 e. The fourth-order valence-electron chi connectivity index (χ4n) is 2.08. The fraction of sp³-hybridized carbons (Fsp3) is 0.0714. The van der Waals surface area contributed by atoms with Gasteiger partial charge in [-0.3, -0.25) is 9.59 Å². The molecule has 0 N–H and O–H groups in total. The minimum Gasteiger partial charge on any atom is -0.293 e. The first-order chi connectivity index (χ1) is 8.66. The van der Waals surface area contributed by atoms with Crippen LogP contribution in [-0.2, 0) is 4.79 Å². The molecule has 1 aliphatic carbocycles. The molecule has 1 aliphatic rings. The van der Waals surface area contributed by atoms with Crippen molar-refractivity contribution in [2.24, 2.45) is 5.92 Å². The maximum atomic E-state index is 12.1.